The summed E-state index contributed by atoms with van der Waals surface area (Å²) < 4.78 is 0.137. The van der Waals surface area contributed by atoms with Gasteiger partial charge in [-0.2, -0.15) is 0 Å². The van der Waals surface area contributed by atoms with Crippen LogP contribution in [0, 0.1) is 10.1 Å². The summed E-state index contributed by atoms with van der Waals surface area (Å²) in [6.45, 7) is 0. The Morgan fingerprint density at radius 2 is 2.16 bits per heavy atom. The van der Waals surface area contributed by atoms with Gasteiger partial charge in [0.05, 0.1) is 10.6 Å². The number of nitro groups is 1. The zero-order chi connectivity index (χ0) is 14.2. The van der Waals surface area contributed by atoms with Crippen molar-refractivity contribution in [2.75, 3.05) is 5.73 Å². The van der Waals surface area contributed by atoms with Crippen LogP contribution in [0.5, 0.6) is 0 Å². The highest BCUT2D eigenvalue weighted by Crippen LogP contribution is 2.31. The van der Waals surface area contributed by atoms with Crippen LogP contribution in [0.1, 0.15) is 0 Å². The molecule has 0 aliphatic carbocycles. The van der Waals surface area contributed by atoms with E-state index < -0.39 is 10.5 Å². The molecule has 7 nitrogen and oxygen atoms in total. The maximum absolute atomic E-state index is 11.5. The maximum Gasteiger partial charge on any atom is 0.288 e. The number of benzene rings is 1. The molecule has 2 rings (SSSR count). The van der Waals surface area contributed by atoms with E-state index in [0.717, 1.165) is 0 Å². The Labute approximate surface area is 119 Å². The van der Waals surface area contributed by atoms with Crippen molar-refractivity contribution in [3.8, 4) is 11.3 Å². The second-order valence-corrected chi connectivity index (χ2v) is 4.74. The summed E-state index contributed by atoms with van der Waals surface area (Å²) in [7, 11) is 0. The molecule has 9 heteroatoms. The van der Waals surface area contributed by atoms with Crippen molar-refractivity contribution in [3.05, 3.63) is 48.2 Å². The molecule has 0 aliphatic rings. The topological polar surface area (TPSA) is 115 Å². The molecule has 0 spiro atoms. The molecule has 1 aromatic carbocycles. The number of rotatable bonds is 2. The molecule has 0 saturated carbocycles. The van der Waals surface area contributed by atoms with E-state index in [1.165, 1.54) is 18.2 Å². The first-order valence-corrected chi connectivity index (χ1v) is 6.07. The Balaban J connectivity index is 2.69. The molecule has 0 saturated heterocycles. The van der Waals surface area contributed by atoms with Crippen molar-refractivity contribution >= 4 is 39.2 Å². The van der Waals surface area contributed by atoms with E-state index >= 15 is 0 Å². The first kappa shape index (κ1) is 13.5. The van der Waals surface area contributed by atoms with Gasteiger partial charge in [-0.05, 0) is 22.0 Å². The lowest BCUT2D eigenvalue weighted by Gasteiger charge is -2.05. The normalized spacial score (nSPS) is 10.4. The molecule has 0 atom stereocenters. The lowest BCUT2D eigenvalue weighted by atomic mass is 10.1. The first-order valence-electron chi connectivity index (χ1n) is 4.89. The van der Waals surface area contributed by atoms with Crippen LogP contribution in [0.25, 0.3) is 11.3 Å². The summed E-state index contributed by atoms with van der Waals surface area (Å²) >= 11 is 8.78. The van der Waals surface area contributed by atoms with Gasteiger partial charge in [0.1, 0.15) is 9.50 Å². The number of aromatic nitrogens is 2. The van der Waals surface area contributed by atoms with Gasteiger partial charge in [0, 0.05) is 11.6 Å². The van der Waals surface area contributed by atoms with Gasteiger partial charge in [0.2, 0.25) is 5.95 Å². The summed E-state index contributed by atoms with van der Waals surface area (Å²) in [4.78, 5) is 28.0. The van der Waals surface area contributed by atoms with Crippen molar-refractivity contribution in [1.82, 2.24) is 9.97 Å². The molecule has 2 aromatic rings. The van der Waals surface area contributed by atoms with Crippen LogP contribution >= 0.6 is 27.5 Å². The molecule has 0 amide bonds. The number of nitrogens with zero attached hydrogens (tertiary/aromatic N) is 2. The van der Waals surface area contributed by atoms with E-state index in [9.17, 15) is 14.9 Å². The van der Waals surface area contributed by atoms with Crippen LogP contribution < -0.4 is 11.3 Å². The van der Waals surface area contributed by atoms with Gasteiger partial charge in [-0.1, -0.05) is 17.7 Å². The molecule has 0 fully saturated rings. The zero-order valence-corrected chi connectivity index (χ0v) is 11.5. The third-order valence-electron chi connectivity index (χ3n) is 2.30. The average Bonchev–Trinajstić information content (AvgIpc) is 2.34. The first-order chi connectivity index (χ1) is 8.90. The smallest absolute Gasteiger partial charge is 0.288 e. The Morgan fingerprint density at radius 1 is 1.47 bits per heavy atom. The number of nitrogen functional groups attached to an aromatic ring is 1. The van der Waals surface area contributed by atoms with E-state index in [2.05, 4.69) is 25.9 Å². The highest BCUT2D eigenvalue weighted by Gasteiger charge is 2.17. The van der Waals surface area contributed by atoms with E-state index in [-0.39, 0.29) is 26.8 Å². The number of halogens is 2. The largest absolute Gasteiger partial charge is 0.369 e. The van der Waals surface area contributed by atoms with Crippen LogP contribution in [-0.4, -0.2) is 14.9 Å². The van der Waals surface area contributed by atoms with Crippen LogP contribution in [0.15, 0.2) is 27.5 Å². The predicted octanol–water partition coefficient (Wildman–Crippen LogP) is 2.34. The van der Waals surface area contributed by atoms with Crippen LogP contribution in [0.3, 0.4) is 0 Å². The summed E-state index contributed by atoms with van der Waals surface area (Å²) in [5.74, 6) is -0.0826. The average molecular weight is 346 g/mol. The van der Waals surface area contributed by atoms with Gasteiger partial charge in [-0.25, -0.2) is 4.98 Å². The quantitative estimate of drug-likeness (QED) is 0.640. The molecule has 98 valence electrons. The second kappa shape index (κ2) is 4.98. The van der Waals surface area contributed by atoms with Crippen molar-refractivity contribution in [2.24, 2.45) is 0 Å². The van der Waals surface area contributed by atoms with Gasteiger partial charge in [0.15, 0.2) is 0 Å². The Hall–Kier alpha value is -1.93. The second-order valence-electron chi connectivity index (χ2n) is 3.54. The number of anilines is 1. The lowest BCUT2D eigenvalue weighted by molar-refractivity contribution is -0.384. The van der Waals surface area contributed by atoms with Crippen LogP contribution in [0.4, 0.5) is 11.6 Å². The Morgan fingerprint density at radius 3 is 2.79 bits per heavy atom. The van der Waals surface area contributed by atoms with E-state index in [1.807, 2.05) is 0 Å². The van der Waals surface area contributed by atoms with Gasteiger partial charge in [-0.3, -0.25) is 19.9 Å². The fourth-order valence-electron chi connectivity index (χ4n) is 1.47. The maximum atomic E-state index is 11.5. The highest BCUT2D eigenvalue weighted by molar-refractivity contribution is 9.10. The third-order valence-corrected chi connectivity index (χ3v) is 3.35. The molecule has 3 N–H and O–H groups in total. The van der Waals surface area contributed by atoms with Gasteiger partial charge in [-0.15, -0.1) is 0 Å². The third kappa shape index (κ3) is 2.59. The summed E-state index contributed by atoms with van der Waals surface area (Å²) in [6, 6.07) is 4.11. The van der Waals surface area contributed by atoms with E-state index in [4.69, 9.17) is 17.3 Å². The Bertz CT molecular complexity index is 731. The molecular weight excluding hydrogens is 339 g/mol. The number of nitrogens with two attached hydrogens (primary N) is 1. The van der Waals surface area contributed by atoms with Crippen molar-refractivity contribution < 1.29 is 4.92 Å². The van der Waals surface area contributed by atoms with Gasteiger partial charge >= 0.3 is 0 Å². The van der Waals surface area contributed by atoms with Crippen molar-refractivity contribution in [1.29, 1.82) is 0 Å². The minimum absolute atomic E-state index is 0.00249. The summed E-state index contributed by atoms with van der Waals surface area (Å²) in [6.07, 6.45) is 0. The number of H-pyrrole nitrogens is 1. The number of aromatic amines is 1. The monoisotopic (exact) mass is 344 g/mol. The molecule has 0 radical (unpaired) electrons. The number of nitrogens with one attached hydrogen (secondary N) is 1. The van der Waals surface area contributed by atoms with E-state index in [0.29, 0.717) is 5.56 Å². The molecule has 1 heterocycles. The minimum atomic E-state index is -0.615. The lowest BCUT2D eigenvalue weighted by Crippen LogP contribution is -2.13. The van der Waals surface area contributed by atoms with Crippen molar-refractivity contribution in [2.45, 2.75) is 0 Å². The van der Waals surface area contributed by atoms with Crippen LogP contribution in [0.2, 0.25) is 5.02 Å². The molecule has 0 unspecified atom stereocenters. The fourth-order valence-corrected chi connectivity index (χ4v) is 2.07. The van der Waals surface area contributed by atoms with Crippen molar-refractivity contribution in [3.63, 3.8) is 0 Å². The minimum Gasteiger partial charge on any atom is -0.369 e. The standard InChI is InChI=1S/C10H6BrClN4O3/c11-7-8(14-10(13)15-9(7)17)4-1-2-5(12)6(3-4)16(18)19/h1-3H,(H3,13,14,15,17). The molecule has 1 aromatic heterocycles. The Kier molecular flexibility index (Phi) is 3.54. The predicted molar refractivity (Wildman–Crippen MR) is 74.1 cm³/mol. The fraction of sp³-hybridized carbons (Fsp3) is 0. The SMILES string of the molecule is Nc1nc(-c2ccc(Cl)c([N+](=O)[O-])c2)c(Br)c(=O)[nH]1. The summed E-state index contributed by atoms with van der Waals surface area (Å²) in [5.41, 5.74) is 5.27. The number of hydrogen-bond acceptors (Lipinski definition) is 5. The molecule has 0 aliphatic heterocycles. The molecular formula is C10H6BrClN4O3. The highest BCUT2D eigenvalue weighted by atomic mass is 79.9. The van der Waals surface area contributed by atoms with Gasteiger partial charge < -0.3 is 5.73 Å². The number of hydrogen-bond donors (Lipinski definition) is 2. The van der Waals surface area contributed by atoms with Crippen LogP contribution in [-0.2, 0) is 0 Å². The molecule has 0 bridgehead atoms. The van der Waals surface area contributed by atoms with Gasteiger partial charge in [0.25, 0.3) is 11.2 Å². The molecule has 19 heavy (non-hydrogen) atoms. The number of nitro benzene ring substituents is 1. The zero-order valence-electron chi connectivity index (χ0n) is 9.18. The van der Waals surface area contributed by atoms with E-state index in [1.54, 1.807) is 0 Å². The summed E-state index contributed by atoms with van der Waals surface area (Å²) in [5, 5.41) is 10.8.